The number of nitrogens with zero attached hydrogens (tertiary/aromatic N) is 2. The molecule has 3 heteroatoms. The summed E-state index contributed by atoms with van der Waals surface area (Å²) in [4.78, 5) is 16.2. The van der Waals surface area contributed by atoms with E-state index in [1.165, 1.54) is 0 Å². The maximum Gasteiger partial charge on any atom is 0.182 e. The third-order valence-electron chi connectivity index (χ3n) is 3.29. The molecule has 0 radical (unpaired) electrons. The molecule has 0 aromatic carbocycles. The molecule has 0 aromatic rings. The highest BCUT2D eigenvalue weighted by atomic mass is 16.1. The monoisotopic (exact) mass is 266 g/mol. The number of hydrogen-bond acceptors (Lipinski definition) is 3. The van der Waals surface area contributed by atoms with Gasteiger partial charge >= 0.3 is 0 Å². The van der Waals surface area contributed by atoms with Crippen LogP contribution in [0.15, 0.2) is 23.9 Å². The van der Waals surface area contributed by atoms with Crippen molar-refractivity contribution in [2.45, 2.75) is 46.6 Å². The Bertz CT molecular complexity index is 319. The molecule has 0 aromatic heterocycles. The van der Waals surface area contributed by atoms with Gasteiger partial charge in [0.2, 0.25) is 0 Å². The quantitative estimate of drug-likeness (QED) is 0.690. The van der Waals surface area contributed by atoms with Gasteiger partial charge < -0.3 is 9.80 Å². The van der Waals surface area contributed by atoms with E-state index in [1.807, 2.05) is 27.0 Å². The zero-order valence-electron chi connectivity index (χ0n) is 13.4. The Morgan fingerprint density at radius 3 is 2.58 bits per heavy atom. The van der Waals surface area contributed by atoms with Crippen LogP contribution in [0.25, 0.3) is 0 Å². The Morgan fingerprint density at radius 2 is 2.11 bits per heavy atom. The van der Waals surface area contributed by atoms with Gasteiger partial charge in [-0.25, -0.2) is 0 Å². The fraction of sp³-hybridized carbons (Fsp3) is 0.688. The average molecular weight is 266 g/mol. The highest BCUT2D eigenvalue weighted by Gasteiger charge is 2.19. The standard InChI is InChI=1S/C14H24N2O.C2H6/c1-5-7-14(17)12-8-9-16(10-12)11-13(6-2)15(3)4;1-2/h5,7,10,13H,6,8-9,11H2,1-4H3;1-2H3/b7-5+;/t13-;/m0./s1. The summed E-state index contributed by atoms with van der Waals surface area (Å²) in [5, 5.41) is 0. The van der Waals surface area contributed by atoms with Crippen molar-refractivity contribution in [1.29, 1.82) is 0 Å². The number of ketones is 1. The van der Waals surface area contributed by atoms with Crippen molar-refractivity contribution < 1.29 is 4.79 Å². The fourth-order valence-corrected chi connectivity index (χ4v) is 2.13. The maximum absolute atomic E-state index is 11.7. The summed E-state index contributed by atoms with van der Waals surface area (Å²) in [6.45, 7) is 10.1. The Hall–Kier alpha value is -1.09. The first kappa shape index (κ1) is 17.9. The highest BCUT2D eigenvalue weighted by Crippen LogP contribution is 2.17. The van der Waals surface area contributed by atoms with Crippen molar-refractivity contribution in [3.8, 4) is 0 Å². The van der Waals surface area contributed by atoms with Crippen LogP contribution in [0.2, 0.25) is 0 Å². The minimum Gasteiger partial charge on any atom is -0.375 e. The number of hydrogen-bond donors (Lipinski definition) is 0. The molecule has 1 rings (SSSR count). The van der Waals surface area contributed by atoms with E-state index in [4.69, 9.17) is 0 Å². The number of carbonyl (C=O) groups excluding carboxylic acids is 1. The van der Waals surface area contributed by atoms with Crippen LogP contribution in [0.4, 0.5) is 0 Å². The summed E-state index contributed by atoms with van der Waals surface area (Å²) < 4.78 is 0. The molecule has 0 amide bonds. The van der Waals surface area contributed by atoms with Gasteiger partial charge in [-0.05, 0) is 39.9 Å². The zero-order valence-corrected chi connectivity index (χ0v) is 13.4. The molecule has 1 aliphatic heterocycles. The average Bonchev–Trinajstić information content (AvgIpc) is 2.87. The first-order valence-electron chi connectivity index (χ1n) is 7.36. The fourth-order valence-electron chi connectivity index (χ4n) is 2.13. The number of allylic oxidation sites excluding steroid dienone is 2. The third kappa shape index (κ3) is 6.06. The van der Waals surface area contributed by atoms with Crippen molar-refractivity contribution in [2.75, 3.05) is 27.2 Å². The van der Waals surface area contributed by atoms with Crippen LogP contribution in [0, 0.1) is 0 Å². The molecule has 0 fully saturated rings. The Morgan fingerprint density at radius 1 is 1.47 bits per heavy atom. The van der Waals surface area contributed by atoms with Crippen molar-refractivity contribution >= 4 is 5.78 Å². The molecule has 19 heavy (non-hydrogen) atoms. The lowest BCUT2D eigenvalue weighted by Gasteiger charge is -2.27. The van der Waals surface area contributed by atoms with Gasteiger partial charge in [-0.1, -0.05) is 26.8 Å². The Labute approximate surface area is 119 Å². The second-order valence-electron chi connectivity index (χ2n) is 4.79. The first-order valence-corrected chi connectivity index (χ1v) is 7.36. The van der Waals surface area contributed by atoms with E-state index in [1.54, 1.807) is 12.2 Å². The second-order valence-corrected chi connectivity index (χ2v) is 4.79. The lowest BCUT2D eigenvalue weighted by Crippen LogP contribution is -2.37. The van der Waals surface area contributed by atoms with E-state index < -0.39 is 0 Å². The van der Waals surface area contributed by atoms with Crippen LogP contribution in [-0.2, 0) is 4.79 Å². The lowest BCUT2D eigenvalue weighted by atomic mass is 10.1. The summed E-state index contributed by atoms with van der Waals surface area (Å²) in [6, 6.07) is 0.558. The van der Waals surface area contributed by atoms with E-state index in [0.29, 0.717) is 6.04 Å². The smallest absolute Gasteiger partial charge is 0.182 e. The molecule has 110 valence electrons. The van der Waals surface area contributed by atoms with E-state index in [2.05, 4.69) is 30.8 Å². The topological polar surface area (TPSA) is 23.6 Å². The van der Waals surface area contributed by atoms with E-state index in [-0.39, 0.29) is 5.78 Å². The van der Waals surface area contributed by atoms with Gasteiger partial charge in [0.05, 0.1) is 0 Å². The molecule has 0 aliphatic carbocycles. The van der Waals surface area contributed by atoms with Gasteiger partial charge in [-0.15, -0.1) is 0 Å². The van der Waals surface area contributed by atoms with Crippen molar-refractivity contribution in [3.63, 3.8) is 0 Å². The molecular weight excluding hydrogens is 236 g/mol. The van der Waals surface area contributed by atoms with E-state index in [0.717, 1.165) is 31.5 Å². The minimum absolute atomic E-state index is 0.160. The first-order chi connectivity index (χ1) is 9.08. The molecule has 1 atom stereocenters. The molecule has 0 unspecified atom stereocenters. The molecule has 0 saturated heterocycles. The zero-order chi connectivity index (χ0) is 14.8. The maximum atomic E-state index is 11.7. The Kier molecular flexibility index (Phi) is 9.23. The lowest BCUT2D eigenvalue weighted by molar-refractivity contribution is -0.111. The Balaban J connectivity index is 0.00000154. The van der Waals surface area contributed by atoms with E-state index in [9.17, 15) is 4.79 Å². The summed E-state index contributed by atoms with van der Waals surface area (Å²) in [7, 11) is 4.22. The number of rotatable bonds is 6. The van der Waals surface area contributed by atoms with Gasteiger partial charge in [-0.3, -0.25) is 4.79 Å². The summed E-state index contributed by atoms with van der Waals surface area (Å²) in [5.41, 5.74) is 0.941. The van der Waals surface area contributed by atoms with Gasteiger partial charge in [0.15, 0.2) is 5.78 Å². The van der Waals surface area contributed by atoms with Crippen LogP contribution < -0.4 is 0 Å². The van der Waals surface area contributed by atoms with Gasteiger partial charge in [-0.2, -0.15) is 0 Å². The van der Waals surface area contributed by atoms with Gasteiger partial charge in [0.1, 0.15) is 0 Å². The molecule has 0 spiro atoms. The molecule has 0 bridgehead atoms. The SMILES string of the molecule is C/C=C/C(=O)C1=CN(C[C@H](CC)N(C)C)CC1.CC. The summed E-state index contributed by atoms with van der Waals surface area (Å²) in [6.07, 6.45) is 7.51. The molecule has 1 heterocycles. The van der Waals surface area contributed by atoms with Crippen LogP contribution >= 0.6 is 0 Å². The molecule has 0 saturated carbocycles. The van der Waals surface area contributed by atoms with Crippen LogP contribution in [0.5, 0.6) is 0 Å². The number of carbonyl (C=O) groups is 1. The predicted molar refractivity (Wildman–Crippen MR) is 83.2 cm³/mol. The molecule has 0 N–H and O–H groups in total. The molecular formula is C16H30N2O. The largest absolute Gasteiger partial charge is 0.375 e. The summed E-state index contributed by atoms with van der Waals surface area (Å²) >= 11 is 0. The minimum atomic E-state index is 0.160. The number of likely N-dealkylation sites (N-methyl/N-ethyl adjacent to an activating group) is 1. The van der Waals surface area contributed by atoms with Crippen LogP contribution in [-0.4, -0.2) is 48.8 Å². The van der Waals surface area contributed by atoms with E-state index >= 15 is 0 Å². The van der Waals surface area contributed by atoms with Crippen molar-refractivity contribution in [3.05, 3.63) is 23.9 Å². The van der Waals surface area contributed by atoms with Gasteiger partial charge in [0.25, 0.3) is 0 Å². The summed E-state index contributed by atoms with van der Waals surface area (Å²) in [5.74, 6) is 0.160. The van der Waals surface area contributed by atoms with Crippen molar-refractivity contribution in [1.82, 2.24) is 9.80 Å². The van der Waals surface area contributed by atoms with Crippen molar-refractivity contribution in [2.24, 2.45) is 0 Å². The predicted octanol–water partition coefficient (Wildman–Crippen LogP) is 3.09. The third-order valence-corrected chi connectivity index (χ3v) is 3.29. The van der Waals surface area contributed by atoms with Crippen LogP contribution in [0.3, 0.4) is 0 Å². The van der Waals surface area contributed by atoms with Gasteiger partial charge in [0, 0.05) is 30.9 Å². The molecule has 3 nitrogen and oxygen atoms in total. The second kappa shape index (κ2) is 9.79. The normalized spacial score (nSPS) is 16.4. The highest BCUT2D eigenvalue weighted by molar-refractivity contribution is 6.04. The molecule has 1 aliphatic rings. The van der Waals surface area contributed by atoms with Crippen LogP contribution in [0.1, 0.15) is 40.5 Å².